The molecule has 0 atom stereocenters. The number of para-hydroxylation sites is 1. The second-order valence-corrected chi connectivity index (χ2v) is 11.1. The zero-order valence-corrected chi connectivity index (χ0v) is 17.5. The Bertz CT molecular complexity index is 541. The summed E-state index contributed by atoms with van der Waals surface area (Å²) in [5.74, 6) is 1.10. The minimum Gasteiger partial charge on any atom is -1.00 e. The Balaban J connectivity index is 0.00000220. The topological polar surface area (TPSA) is 9.23 Å². The van der Waals surface area contributed by atoms with Gasteiger partial charge in [0.05, 0.1) is 0 Å². The molecular weight excluding hydrogens is 367 g/mol. The van der Waals surface area contributed by atoms with Gasteiger partial charge in [0.1, 0.15) is 0 Å². The van der Waals surface area contributed by atoms with Crippen LogP contribution in [0.15, 0.2) is 45.5 Å². The SMILES string of the molecule is CCCCOc1ccccc1[Si](C)(C)C1=[C]([Ti+2])CC=C1.[Cl-].[Cl-]. The first-order valence-corrected chi connectivity index (χ1v) is 11.2. The Morgan fingerprint density at radius 2 is 1.86 bits per heavy atom. The number of rotatable bonds is 6. The first-order chi connectivity index (χ1) is 9.57. The first kappa shape index (κ1) is 22.0. The third-order valence-corrected chi connectivity index (χ3v) is 8.63. The van der Waals surface area contributed by atoms with Crippen LogP contribution in [0.25, 0.3) is 0 Å². The maximum absolute atomic E-state index is 6.05. The standard InChI is InChI=1S/C17H23OSi.2ClH.Ti/c1-4-5-14-18-16-12-8-9-13-17(16)19(2,3)15-10-6-7-11-15;;;/h6,8-10,12-13H,4-5,7,14H2,1-3H3;2*1H;/q;;;+2/p-2. The zero-order valence-electron chi connectivity index (χ0n) is 13.5. The van der Waals surface area contributed by atoms with Crippen molar-refractivity contribution < 1.29 is 50.0 Å². The zero-order chi connectivity index (χ0) is 14.6. The van der Waals surface area contributed by atoms with Crippen LogP contribution in [0.4, 0.5) is 0 Å². The summed E-state index contributed by atoms with van der Waals surface area (Å²) in [4.78, 5) is 0. The van der Waals surface area contributed by atoms with Gasteiger partial charge in [-0.2, -0.15) is 0 Å². The maximum Gasteiger partial charge on any atom is -1.00 e. The summed E-state index contributed by atoms with van der Waals surface area (Å²) < 4.78 is 7.58. The predicted molar refractivity (Wildman–Crippen MR) is 84.7 cm³/mol. The van der Waals surface area contributed by atoms with Crippen LogP contribution in [0.3, 0.4) is 0 Å². The van der Waals surface area contributed by atoms with Crippen molar-refractivity contribution in [3.05, 3.63) is 45.5 Å². The molecule has 0 bridgehead atoms. The van der Waals surface area contributed by atoms with Gasteiger partial charge in [0.25, 0.3) is 0 Å². The van der Waals surface area contributed by atoms with Crippen LogP contribution >= 0.6 is 0 Å². The molecule has 0 saturated carbocycles. The summed E-state index contributed by atoms with van der Waals surface area (Å²) in [5, 5.41) is 3.00. The normalized spacial score (nSPS) is 13.7. The van der Waals surface area contributed by atoms with E-state index < -0.39 is 8.07 Å². The minimum atomic E-state index is -1.65. The molecule has 119 valence electrons. The second kappa shape index (κ2) is 10.00. The molecule has 0 N–H and O–H groups in total. The maximum atomic E-state index is 6.05. The van der Waals surface area contributed by atoms with Gasteiger partial charge in [-0.1, -0.05) is 0 Å². The van der Waals surface area contributed by atoms with Crippen molar-refractivity contribution in [2.45, 2.75) is 39.3 Å². The molecule has 1 aromatic carbocycles. The molecule has 0 aliphatic heterocycles. The molecule has 0 radical (unpaired) electrons. The molecule has 1 aromatic rings. The van der Waals surface area contributed by atoms with Gasteiger partial charge in [0.2, 0.25) is 0 Å². The number of allylic oxidation sites excluding steroid dienone is 4. The van der Waals surface area contributed by atoms with E-state index in [-0.39, 0.29) is 24.8 Å². The fraction of sp³-hybridized carbons (Fsp3) is 0.412. The average molecular weight is 390 g/mol. The van der Waals surface area contributed by atoms with Crippen molar-refractivity contribution in [1.82, 2.24) is 0 Å². The van der Waals surface area contributed by atoms with Crippen molar-refractivity contribution in [3.63, 3.8) is 0 Å². The van der Waals surface area contributed by atoms with E-state index in [0.717, 1.165) is 25.2 Å². The summed E-state index contributed by atoms with van der Waals surface area (Å²) in [6.07, 6.45) is 8.04. The Morgan fingerprint density at radius 3 is 2.45 bits per heavy atom. The molecule has 0 fully saturated rings. The molecule has 0 spiro atoms. The number of benzene rings is 1. The van der Waals surface area contributed by atoms with Crippen molar-refractivity contribution in [3.8, 4) is 5.75 Å². The largest absolute Gasteiger partial charge is 1.00 e. The summed E-state index contributed by atoms with van der Waals surface area (Å²) in [6.45, 7) is 7.89. The molecule has 1 nitrogen and oxygen atoms in total. The van der Waals surface area contributed by atoms with Crippen LogP contribution in [0.5, 0.6) is 5.75 Å². The number of ether oxygens (including phenoxy) is 1. The molecule has 0 saturated heterocycles. The van der Waals surface area contributed by atoms with Gasteiger partial charge in [-0.15, -0.1) is 0 Å². The Labute approximate surface area is 159 Å². The van der Waals surface area contributed by atoms with Crippen LogP contribution in [0.1, 0.15) is 26.2 Å². The molecule has 0 aromatic heterocycles. The van der Waals surface area contributed by atoms with Crippen LogP contribution in [-0.4, -0.2) is 14.7 Å². The third kappa shape index (κ3) is 5.01. The van der Waals surface area contributed by atoms with E-state index in [9.17, 15) is 0 Å². The van der Waals surface area contributed by atoms with E-state index in [1.807, 2.05) is 0 Å². The van der Waals surface area contributed by atoms with Crippen molar-refractivity contribution >= 4 is 13.3 Å². The van der Waals surface area contributed by atoms with E-state index in [4.69, 9.17) is 4.74 Å². The molecule has 1 aliphatic carbocycles. The molecule has 5 heteroatoms. The summed E-state index contributed by atoms with van der Waals surface area (Å²) in [5.41, 5.74) is 0. The van der Waals surface area contributed by atoms with Crippen molar-refractivity contribution in [2.75, 3.05) is 6.61 Å². The number of hydrogen-bond donors (Lipinski definition) is 0. The smallest absolute Gasteiger partial charge is 1.00 e. The first-order valence-electron chi connectivity index (χ1n) is 7.41. The molecular formula is C17H23Cl2OSiTi. The van der Waals surface area contributed by atoms with E-state index in [0.29, 0.717) is 0 Å². The molecule has 0 unspecified atom stereocenters. The number of unbranched alkanes of at least 4 members (excludes halogenated alkanes) is 1. The fourth-order valence-electron chi connectivity index (χ4n) is 2.67. The van der Waals surface area contributed by atoms with Crippen molar-refractivity contribution in [2.24, 2.45) is 0 Å². The van der Waals surface area contributed by atoms with Crippen LogP contribution in [0, 0.1) is 0 Å². The minimum absolute atomic E-state index is 0. The molecule has 0 amide bonds. The van der Waals surface area contributed by atoms with Gasteiger partial charge in [-0.3, -0.25) is 0 Å². The predicted octanol–water partition coefficient (Wildman–Crippen LogP) is -1.91. The molecule has 2 rings (SSSR count). The van der Waals surface area contributed by atoms with E-state index in [2.05, 4.69) is 76.9 Å². The summed E-state index contributed by atoms with van der Waals surface area (Å²) in [7, 11) is -1.65. The Hall–Kier alpha value is 0.0112. The van der Waals surface area contributed by atoms with E-state index >= 15 is 0 Å². The van der Waals surface area contributed by atoms with Gasteiger partial charge in [0.15, 0.2) is 0 Å². The average Bonchev–Trinajstić information content (AvgIpc) is 2.86. The molecule has 1 aliphatic rings. The van der Waals surface area contributed by atoms with Gasteiger partial charge in [-0.05, 0) is 0 Å². The Kier molecular flexibility index (Phi) is 10.0. The summed E-state index contributed by atoms with van der Waals surface area (Å²) in [6, 6.07) is 8.63. The summed E-state index contributed by atoms with van der Waals surface area (Å²) >= 11 is 2.27. The van der Waals surface area contributed by atoms with Crippen molar-refractivity contribution in [1.29, 1.82) is 0 Å². The fourth-order valence-corrected chi connectivity index (χ4v) is 7.41. The number of halogens is 2. The van der Waals surface area contributed by atoms with Crippen LogP contribution in [0.2, 0.25) is 13.1 Å². The number of hydrogen-bond acceptors (Lipinski definition) is 1. The van der Waals surface area contributed by atoms with Gasteiger partial charge >= 0.3 is 136 Å². The van der Waals surface area contributed by atoms with E-state index in [1.54, 1.807) is 5.20 Å². The van der Waals surface area contributed by atoms with Gasteiger partial charge < -0.3 is 24.8 Å². The Morgan fingerprint density at radius 1 is 1.18 bits per heavy atom. The monoisotopic (exact) mass is 389 g/mol. The quantitative estimate of drug-likeness (QED) is 0.407. The van der Waals surface area contributed by atoms with Gasteiger partial charge in [-0.25, -0.2) is 0 Å². The van der Waals surface area contributed by atoms with Crippen LogP contribution in [-0.2, 0) is 20.4 Å². The third-order valence-electron chi connectivity index (χ3n) is 3.92. The van der Waals surface area contributed by atoms with Crippen LogP contribution < -0.4 is 34.7 Å². The van der Waals surface area contributed by atoms with E-state index in [1.165, 1.54) is 15.5 Å². The molecule has 0 heterocycles. The molecule has 22 heavy (non-hydrogen) atoms. The van der Waals surface area contributed by atoms with Gasteiger partial charge in [0, 0.05) is 0 Å². The second-order valence-electron chi connectivity index (χ2n) is 5.82.